The van der Waals surface area contributed by atoms with Crippen molar-refractivity contribution < 1.29 is 93.6 Å². The van der Waals surface area contributed by atoms with Crippen molar-refractivity contribution in [2.75, 3.05) is 105 Å². The Balaban J connectivity index is 0.0000110. The summed E-state index contributed by atoms with van der Waals surface area (Å²) in [4.78, 5) is 78.9. The molecule has 19 heteroatoms. The Morgan fingerprint density at radius 3 is 1.53 bits per heavy atom. The number of aliphatic carboxylic acids is 3. The Morgan fingerprint density at radius 2 is 1.17 bits per heavy atom. The molecule has 3 N–H and O–H groups in total. The van der Waals surface area contributed by atoms with Gasteiger partial charge in [0.05, 0.1) is 37.7 Å². The van der Waals surface area contributed by atoms with Gasteiger partial charge in [-0.25, -0.2) is 4.79 Å². The van der Waals surface area contributed by atoms with Crippen LogP contribution < -0.4 is 4.74 Å². The molecule has 0 radical (unpaired) electrons. The Kier molecular flexibility index (Phi) is 20.3. The van der Waals surface area contributed by atoms with Crippen LogP contribution >= 0.6 is 0 Å². The number of carbonyl (C=O) groups is 5. The van der Waals surface area contributed by atoms with Gasteiger partial charge < -0.3 is 29.7 Å². The molecule has 0 unspecified atom stereocenters. The van der Waals surface area contributed by atoms with Gasteiger partial charge in [0.15, 0.2) is 0 Å². The van der Waals surface area contributed by atoms with Crippen LogP contribution in [0.15, 0.2) is 24.3 Å². The Hall–Kier alpha value is -2.91. The number of rotatable bonds is 16. The summed E-state index contributed by atoms with van der Waals surface area (Å²) in [5.41, 5.74) is -0.180. The predicted octanol–water partition coefficient (Wildman–Crippen LogP) is -1.16. The first-order valence-corrected chi connectivity index (χ1v) is 14.7. The van der Waals surface area contributed by atoms with Crippen LogP contribution in [0.4, 0.5) is 5.69 Å². The molecule has 1 heterocycles. The molecule has 1 aliphatic heterocycles. The van der Waals surface area contributed by atoms with E-state index in [1.54, 1.807) is 26.5 Å². The van der Waals surface area contributed by atoms with E-state index in [4.69, 9.17) is 9.47 Å². The average molecular weight is 812 g/mol. The van der Waals surface area contributed by atoms with E-state index in [2.05, 4.69) is 0 Å². The van der Waals surface area contributed by atoms with Gasteiger partial charge in [0.25, 0.3) is 5.69 Å². The number of carboxylic acids is 3. The number of benzene rings is 1. The largest absolute Gasteiger partial charge is 0.480 e. The van der Waals surface area contributed by atoms with Crippen LogP contribution in [0.5, 0.6) is 5.75 Å². The maximum Gasteiger partial charge on any atom is 0.331 e. The molecule has 1 aromatic carbocycles. The van der Waals surface area contributed by atoms with Gasteiger partial charge in [0, 0.05) is 118 Å². The summed E-state index contributed by atoms with van der Waals surface area (Å²) < 4.78 is 10.7. The smallest absolute Gasteiger partial charge is 0.331 e. The molecule has 1 saturated heterocycles. The second-order valence-electron chi connectivity index (χ2n) is 10.5. The van der Waals surface area contributed by atoms with E-state index in [1.807, 2.05) is 0 Å². The Bertz CT molecular complexity index is 1160. The van der Waals surface area contributed by atoms with Gasteiger partial charge in [-0.2, -0.15) is 0 Å². The van der Waals surface area contributed by atoms with Crippen LogP contribution in [-0.2, 0) is 28.7 Å². The quantitative estimate of drug-likeness (QED) is 0.0589. The molecule has 1 amide bonds. The van der Waals surface area contributed by atoms with Gasteiger partial charge in [-0.1, -0.05) is 0 Å². The van der Waals surface area contributed by atoms with Crippen LogP contribution in [0.2, 0.25) is 0 Å². The number of carboxylic acid groups (broad SMARTS) is 3. The molecular formula is C28H42GdN6O12. The number of carbonyl (C=O) groups excluding carboxylic acids is 2. The van der Waals surface area contributed by atoms with Crippen LogP contribution in [0.1, 0.15) is 6.92 Å². The number of hydrogen-bond acceptors (Lipinski definition) is 13. The molecule has 0 aromatic heterocycles. The van der Waals surface area contributed by atoms with Crippen LogP contribution in [0, 0.1) is 50.1 Å². The topological polar surface area (TPSA) is 224 Å². The van der Waals surface area contributed by atoms with Crippen LogP contribution in [0.3, 0.4) is 0 Å². The fraction of sp³-hybridized carbons (Fsp3) is 0.607. The van der Waals surface area contributed by atoms with Crippen molar-refractivity contribution in [2.45, 2.75) is 6.92 Å². The standard InChI is InChI=1S/C28H42N6O12.Gd/c1-2-45-16-15-33(21-28(42)46-23-5-3-22(4-6-23)34(43)44)24(35)17-29-7-9-30(18-25(36)37)11-13-32(20-27(40)41)14-12-31(10-8-29)19-26(38)39;/h3-6H,2,7-21H2,1H3,(H,36,37)(H,38,39)(H,40,41);. The zero-order chi connectivity index (χ0) is 34.1. The van der Waals surface area contributed by atoms with Crippen molar-refractivity contribution in [3.05, 3.63) is 34.4 Å². The molecule has 47 heavy (non-hydrogen) atoms. The van der Waals surface area contributed by atoms with E-state index in [0.29, 0.717) is 6.61 Å². The van der Waals surface area contributed by atoms with E-state index < -0.39 is 41.3 Å². The SMILES string of the molecule is CCOCCN(CC(=O)Oc1ccc([N+](=O)[O-])cc1)C(=O)CN1CCN(CC(=O)O)CCN(CC(=O)O)CCN(CC(=O)O)CC1.[Gd]. The van der Waals surface area contributed by atoms with Gasteiger partial charge >= 0.3 is 23.9 Å². The third-order valence-corrected chi connectivity index (χ3v) is 7.03. The average Bonchev–Trinajstić information content (AvgIpc) is 2.97. The molecule has 18 nitrogen and oxygen atoms in total. The second kappa shape index (κ2) is 22.6. The molecule has 0 spiro atoms. The summed E-state index contributed by atoms with van der Waals surface area (Å²) in [7, 11) is 0. The predicted molar refractivity (Wildman–Crippen MR) is 160 cm³/mol. The summed E-state index contributed by atoms with van der Waals surface area (Å²) in [6.07, 6.45) is 0. The minimum atomic E-state index is -1.07. The Morgan fingerprint density at radius 1 is 0.766 bits per heavy atom. The monoisotopic (exact) mass is 812 g/mol. The number of nitrogens with zero attached hydrogens (tertiary/aromatic N) is 6. The first-order chi connectivity index (χ1) is 21.9. The van der Waals surface area contributed by atoms with E-state index in [9.17, 15) is 49.4 Å². The number of non-ortho nitro benzene ring substituents is 1. The zero-order valence-electron chi connectivity index (χ0n) is 26.2. The maximum atomic E-state index is 13.5. The van der Waals surface area contributed by atoms with Crippen LogP contribution in [-0.4, -0.2) is 179 Å². The third kappa shape index (κ3) is 17.7. The van der Waals surface area contributed by atoms with Gasteiger partial charge in [0.2, 0.25) is 5.91 Å². The number of ether oxygens (including phenoxy) is 2. The summed E-state index contributed by atoms with van der Waals surface area (Å²) in [6, 6.07) is 4.91. The first-order valence-electron chi connectivity index (χ1n) is 14.7. The molecule has 1 aromatic rings. The molecule has 0 bridgehead atoms. The third-order valence-electron chi connectivity index (χ3n) is 7.03. The van der Waals surface area contributed by atoms with Gasteiger partial charge in [-0.15, -0.1) is 0 Å². The van der Waals surface area contributed by atoms with Gasteiger partial charge in [-0.05, 0) is 19.1 Å². The molecule has 0 saturated carbocycles. The van der Waals surface area contributed by atoms with E-state index in [0.717, 1.165) is 0 Å². The number of amides is 1. The van der Waals surface area contributed by atoms with Crippen molar-refractivity contribution >= 4 is 35.5 Å². The molecule has 1 fully saturated rings. The number of esters is 1. The van der Waals surface area contributed by atoms with Crippen molar-refractivity contribution in [1.82, 2.24) is 24.5 Å². The number of nitro groups is 1. The molecule has 264 valence electrons. The maximum absolute atomic E-state index is 13.5. The minimum absolute atomic E-state index is 0. The van der Waals surface area contributed by atoms with Crippen molar-refractivity contribution in [3.63, 3.8) is 0 Å². The van der Waals surface area contributed by atoms with E-state index in [-0.39, 0.29) is 143 Å². The summed E-state index contributed by atoms with van der Waals surface area (Å²) in [5, 5.41) is 39.0. The second-order valence-corrected chi connectivity index (χ2v) is 10.5. The summed E-state index contributed by atoms with van der Waals surface area (Å²) in [6.45, 7) is 2.69. The molecule has 2 rings (SSSR count). The van der Waals surface area contributed by atoms with Gasteiger partial charge in [-0.3, -0.25) is 48.9 Å². The first kappa shape index (κ1) is 42.1. The van der Waals surface area contributed by atoms with Crippen molar-refractivity contribution in [3.8, 4) is 5.75 Å². The van der Waals surface area contributed by atoms with E-state index in [1.165, 1.54) is 29.2 Å². The molecular weight excluding hydrogens is 770 g/mol. The Labute approximate surface area is 304 Å². The van der Waals surface area contributed by atoms with Crippen LogP contribution in [0.25, 0.3) is 0 Å². The normalized spacial score (nSPS) is 15.8. The molecule has 1 aliphatic rings. The molecule has 0 atom stereocenters. The van der Waals surface area contributed by atoms with Crippen molar-refractivity contribution in [1.29, 1.82) is 0 Å². The van der Waals surface area contributed by atoms with Crippen molar-refractivity contribution in [2.24, 2.45) is 0 Å². The molecule has 0 aliphatic carbocycles. The zero-order valence-corrected chi connectivity index (χ0v) is 28.4. The fourth-order valence-electron chi connectivity index (χ4n) is 4.64. The summed E-state index contributed by atoms with van der Waals surface area (Å²) in [5.74, 6) is -4.36. The fourth-order valence-corrected chi connectivity index (χ4v) is 4.64. The van der Waals surface area contributed by atoms with Gasteiger partial charge in [0.1, 0.15) is 12.3 Å². The van der Waals surface area contributed by atoms with E-state index >= 15 is 0 Å². The number of nitro benzene ring substituents is 1. The number of hydrogen-bond donors (Lipinski definition) is 3. The summed E-state index contributed by atoms with van der Waals surface area (Å²) >= 11 is 0. The minimum Gasteiger partial charge on any atom is -0.480 e.